The van der Waals surface area contributed by atoms with Crippen molar-refractivity contribution in [3.8, 4) is 5.75 Å². The third kappa shape index (κ3) is 5.07. The SMILES string of the molecule is COC(=O)CCCCCN1C(=O)/C(=C\c2ccc(O)cc2)SC1=S. The Labute approximate surface area is 150 Å². The van der Waals surface area contributed by atoms with E-state index in [0.29, 0.717) is 22.2 Å². The highest BCUT2D eigenvalue weighted by Crippen LogP contribution is 2.32. The van der Waals surface area contributed by atoms with E-state index in [2.05, 4.69) is 4.74 Å². The summed E-state index contributed by atoms with van der Waals surface area (Å²) in [4.78, 5) is 25.7. The number of carbonyl (C=O) groups excluding carboxylic acids is 2. The van der Waals surface area contributed by atoms with Gasteiger partial charge in [0.2, 0.25) is 0 Å². The molecule has 0 aliphatic carbocycles. The highest BCUT2D eigenvalue weighted by atomic mass is 32.2. The third-order valence-electron chi connectivity index (χ3n) is 3.55. The molecule has 1 aliphatic rings. The first kappa shape index (κ1) is 18.5. The molecule has 1 N–H and O–H groups in total. The molecule has 0 atom stereocenters. The number of amides is 1. The van der Waals surface area contributed by atoms with Crippen molar-refractivity contribution < 1.29 is 19.4 Å². The number of phenols is 1. The van der Waals surface area contributed by atoms with E-state index in [1.54, 1.807) is 35.2 Å². The largest absolute Gasteiger partial charge is 0.508 e. The molecule has 1 fully saturated rings. The lowest BCUT2D eigenvalue weighted by Gasteiger charge is -2.13. The molecular formula is C17H19NO4S2. The molecule has 0 unspecified atom stereocenters. The average molecular weight is 365 g/mol. The molecule has 1 aromatic carbocycles. The van der Waals surface area contributed by atoms with E-state index in [9.17, 15) is 14.7 Å². The maximum absolute atomic E-state index is 12.4. The number of ether oxygens (including phenoxy) is 1. The second kappa shape index (κ2) is 8.84. The van der Waals surface area contributed by atoms with Crippen molar-refractivity contribution in [3.05, 3.63) is 34.7 Å². The van der Waals surface area contributed by atoms with Crippen LogP contribution in [0.15, 0.2) is 29.2 Å². The number of hydrogen-bond acceptors (Lipinski definition) is 6. The molecule has 0 bridgehead atoms. The summed E-state index contributed by atoms with van der Waals surface area (Å²) in [6.45, 7) is 0.554. The van der Waals surface area contributed by atoms with Gasteiger partial charge in [0, 0.05) is 13.0 Å². The maximum atomic E-state index is 12.4. The van der Waals surface area contributed by atoms with Gasteiger partial charge in [0.25, 0.3) is 5.91 Å². The van der Waals surface area contributed by atoms with E-state index in [1.807, 2.05) is 0 Å². The summed E-state index contributed by atoms with van der Waals surface area (Å²) < 4.78 is 5.15. The minimum Gasteiger partial charge on any atom is -0.508 e. The second-order valence-electron chi connectivity index (χ2n) is 5.31. The van der Waals surface area contributed by atoms with Crippen molar-refractivity contribution in [3.63, 3.8) is 0 Å². The number of hydrogen-bond donors (Lipinski definition) is 1. The van der Waals surface area contributed by atoms with Crippen LogP contribution in [0.1, 0.15) is 31.2 Å². The van der Waals surface area contributed by atoms with Crippen LogP contribution in [0.2, 0.25) is 0 Å². The number of rotatable bonds is 7. The Hall–Kier alpha value is -1.86. The molecule has 1 aliphatic heterocycles. The highest BCUT2D eigenvalue weighted by molar-refractivity contribution is 8.26. The van der Waals surface area contributed by atoms with Crippen molar-refractivity contribution in [1.82, 2.24) is 4.90 Å². The zero-order valence-electron chi connectivity index (χ0n) is 13.4. The highest BCUT2D eigenvalue weighted by Gasteiger charge is 2.31. The third-order valence-corrected chi connectivity index (χ3v) is 4.93. The number of phenolic OH excluding ortho intramolecular Hbond substituents is 1. The second-order valence-corrected chi connectivity index (χ2v) is 6.99. The van der Waals surface area contributed by atoms with E-state index < -0.39 is 0 Å². The van der Waals surface area contributed by atoms with Crippen LogP contribution in [0.3, 0.4) is 0 Å². The van der Waals surface area contributed by atoms with Gasteiger partial charge in [0.1, 0.15) is 10.1 Å². The van der Waals surface area contributed by atoms with Crippen molar-refractivity contribution >= 4 is 46.3 Å². The Morgan fingerprint density at radius 2 is 2.00 bits per heavy atom. The topological polar surface area (TPSA) is 66.8 Å². The first-order valence-corrected chi connectivity index (χ1v) is 8.85. The number of esters is 1. The van der Waals surface area contributed by atoms with Gasteiger partial charge in [0.05, 0.1) is 12.0 Å². The zero-order chi connectivity index (χ0) is 17.5. The summed E-state index contributed by atoms with van der Waals surface area (Å²) in [6.07, 6.45) is 4.54. The summed E-state index contributed by atoms with van der Waals surface area (Å²) in [7, 11) is 1.38. The van der Waals surface area contributed by atoms with Crippen molar-refractivity contribution in [2.45, 2.75) is 25.7 Å². The number of thioether (sulfide) groups is 1. The van der Waals surface area contributed by atoms with Crippen LogP contribution in [-0.4, -0.2) is 39.9 Å². The maximum Gasteiger partial charge on any atom is 0.305 e. The molecule has 0 aromatic heterocycles. The number of aromatic hydroxyl groups is 1. The number of nitrogens with zero attached hydrogens (tertiary/aromatic N) is 1. The molecule has 5 nitrogen and oxygen atoms in total. The van der Waals surface area contributed by atoms with Crippen LogP contribution < -0.4 is 0 Å². The van der Waals surface area contributed by atoms with Gasteiger partial charge in [-0.05, 0) is 36.6 Å². The Balaban J connectivity index is 1.87. The summed E-state index contributed by atoms with van der Waals surface area (Å²) in [5.74, 6) is -0.116. The zero-order valence-corrected chi connectivity index (χ0v) is 15.0. The molecule has 2 rings (SSSR count). The van der Waals surface area contributed by atoms with Gasteiger partial charge < -0.3 is 9.84 Å². The fraction of sp³-hybridized carbons (Fsp3) is 0.353. The molecule has 24 heavy (non-hydrogen) atoms. The van der Waals surface area contributed by atoms with E-state index in [-0.39, 0.29) is 17.6 Å². The average Bonchev–Trinajstić information content (AvgIpc) is 2.83. The van der Waals surface area contributed by atoms with Gasteiger partial charge in [-0.3, -0.25) is 14.5 Å². The molecule has 1 aromatic rings. The first-order chi connectivity index (χ1) is 11.5. The predicted molar refractivity (Wildman–Crippen MR) is 98.5 cm³/mol. The normalized spacial score (nSPS) is 16.0. The summed E-state index contributed by atoms with van der Waals surface area (Å²) >= 11 is 6.57. The first-order valence-electron chi connectivity index (χ1n) is 7.62. The molecule has 1 heterocycles. The van der Waals surface area contributed by atoms with Crippen molar-refractivity contribution in [2.75, 3.05) is 13.7 Å². The minimum atomic E-state index is -0.211. The van der Waals surface area contributed by atoms with E-state index >= 15 is 0 Å². The number of unbranched alkanes of at least 4 members (excludes halogenated alkanes) is 2. The Kier molecular flexibility index (Phi) is 6.81. The molecule has 0 saturated carbocycles. The van der Waals surface area contributed by atoms with Gasteiger partial charge in [-0.15, -0.1) is 0 Å². The monoisotopic (exact) mass is 365 g/mol. The van der Waals surface area contributed by atoms with Crippen LogP contribution in [-0.2, 0) is 14.3 Å². The fourth-order valence-electron chi connectivity index (χ4n) is 2.23. The van der Waals surface area contributed by atoms with E-state index in [0.717, 1.165) is 24.8 Å². The lowest BCUT2D eigenvalue weighted by molar-refractivity contribution is -0.140. The van der Waals surface area contributed by atoms with Gasteiger partial charge in [-0.25, -0.2) is 0 Å². The molecule has 1 saturated heterocycles. The lowest BCUT2D eigenvalue weighted by Crippen LogP contribution is -2.29. The Bertz CT molecular complexity index is 655. The van der Waals surface area contributed by atoms with Crippen LogP contribution in [0.4, 0.5) is 0 Å². The molecule has 1 amide bonds. The fourth-order valence-corrected chi connectivity index (χ4v) is 3.54. The minimum absolute atomic E-state index is 0.0916. The Morgan fingerprint density at radius 1 is 1.29 bits per heavy atom. The summed E-state index contributed by atoms with van der Waals surface area (Å²) in [6, 6.07) is 6.64. The van der Waals surface area contributed by atoms with E-state index in [1.165, 1.54) is 18.9 Å². The number of methoxy groups -OCH3 is 1. The van der Waals surface area contributed by atoms with Crippen molar-refractivity contribution in [2.24, 2.45) is 0 Å². The van der Waals surface area contributed by atoms with Crippen LogP contribution >= 0.6 is 24.0 Å². The van der Waals surface area contributed by atoms with E-state index in [4.69, 9.17) is 12.2 Å². The predicted octanol–water partition coefficient (Wildman–Crippen LogP) is 3.33. The molecule has 7 heteroatoms. The molecule has 128 valence electrons. The van der Waals surface area contributed by atoms with Gasteiger partial charge in [-0.1, -0.05) is 42.5 Å². The smallest absolute Gasteiger partial charge is 0.305 e. The molecule has 0 spiro atoms. The lowest BCUT2D eigenvalue weighted by atomic mass is 10.2. The Morgan fingerprint density at radius 3 is 2.67 bits per heavy atom. The quantitative estimate of drug-likeness (QED) is 0.346. The van der Waals surface area contributed by atoms with Crippen LogP contribution in [0, 0.1) is 0 Å². The van der Waals surface area contributed by atoms with Crippen LogP contribution in [0.25, 0.3) is 6.08 Å². The molecule has 0 radical (unpaired) electrons. The standard InChI is InChI=1S/C17H19NO4S2/c1-22-15(20)5-3-2-4-10-18-16(21)14(24-17(18)23)11-12-6-8-13(19)9-7-12/h6-9,11,19H,2-5,10H2,1H3/b14-11+. The summed E-state index contributed by atoms with van der Waals surface area (Å²) in [5.41, 5.74) is 0.839. The van der Waals surface area contributed by atoms with Gasteiger partial charge in [0.15, 0.2) is 0 Å². The van der Waals surface area contributed by atoms with Gasteiger partial charge in [-0.2, -0.15) is 0 Å². The summed E-state index contributed by atoms with van der Waals surface area (Å²) in [5, 5.41) is 9.29. The number of carbonyl (C=O) groups is 2. The van der Waals surface area contributed by atoms with Crippen molar-refractivity contribution in [1.29, 1.82) is 0 Å². The van der Waals surface area contributed by atoms with Crippen LogP contribution in [0.5, 0.6) is 5.75 Å². The van der Waals surface area contributed by atoms with Gasteiger partial charge >= 0.3 is 5.97 Å². The number of benzene rings is 1. The number of thiocarbonyl (C=S) groups is 1. The molecular weight excluding hydrogens is 346 g/mol.